The molecule has 0 aromatic heterocycles. The minimum absolute atomic E-state index is 0.0681. The molecule has 0 N–H and O–H groups in total. The van der Waals surface area contributed by atoms with Crippen molar-refractivity contribution in [2.45, 2.75) is 12.0 Å². The number of hydrazone groups is 1. The van der Waals surface area contributed by atoms with Crippen molar-refractivity contribution in [2.24, 2.45) is 11.0 Å². The molecule has 3 heterocycles. The Morgan fingerprint density at radius 2 is 1.68 bits per heavy atom. The van der Waals surface area contributed by atoms with E-state index in [0.29, 0.717) is 5.90 Å². The van der Waals surface area contributed by atoms with Gasteiger partial charge in [-0.25, -0.2) is 5.01 Å². The molecule has 2 aromatic carbocycles. The Balaban J connectivity index is 1.60. The van der Waals surface area contributed by atoms with Crippen molar-refractivity contribution >= 4 is 5.90 Å². The third-order valence-corrected chi connectivity index (χ3v) is 4.50. The molecule has 0 spiro atoms. The standard InChI is InChI=1S/C18H14N2O2/c1-3-7-13(8-4-1)16-19-20-17-15(11-12-21-17)18(20,22-16)14-9-5-2-6-10-14/h1-12,15,17H/t15-,17+,18+/m1/s1. The van der Waals surface area contributed by atoms with Crippen molar-refractivity contribution in [3.63, 3.8) is 0 Å². The highest BCUT2D eigenvalue weighted by atomic mass is 16.6. The number of nitrogens with zero attached hydrogens (tertiary/aromatic N) is 2. The minimum Gasteiger partial charge on any atom is -0.476 e. The van der Waals surface area contributed by atoms with Crippen molar-refractivity contribution in [3.8, 4) is 0 Å². The first-order valence-corrected chi connectivity index (χ1v) is 7.40. The van der Waals surface area contributed by atoms with Crippen LogP contribution < -0.4 is 0 Å². The van der Waals surface area contributed by atoms with E-state index < -0.39 is 5.72 Å². The van der Waals surface area contributed by atoms with Gasteiger partial charge in [0, 0.05) is 11.1 Å². The zero-order valence-electron chi connectivity index (χ0n) is 11.8. The van der Waals surface area contributed by atoms with Gasteiger partial charge in [0.15, 0.2) is 0 Å². The number of rotatable bonds is 2. The lowest BCUT2D eigenvalue weighted by atomic mass is 9.79. The molecule has 0 radical (unpaired) electrons. The number of hydrogen-bond donors (Lipinski definition) is 0. The Labute approximate surface area is 128 Å². The number of hydrogen-bond acceptors (Lipinski definition) is 4. The highest BCUT2D eigenvalue weighted by molar-refractivity contribution is 5.95. The molecule has 0 saturated carbocycles. The zero-order chi connectivity index (χ0) is 14.6. The van der Waals surface area contributed by atoms with Crippen molar-refractivity contribution < 1.29 is 9.47 Å². The van der Waals surface area contributed by atoms with Crippen molar-refractivity contribution in [2.75, 3.05) is 0 Å². The molecule has 4 heteroatoms. The lowest BCUT2D eigenvalue weighted by Crippen LogP contribution is -2.66. The number of benzene rings is 2. The van der Waals surface area contributed by atoms with Gasteiger partial charge in [-0.3, -0.25) is 0 Å². The summed E-state index contributed by atoms with van der Waals surface area (Å²) in [5.41, 5.74) is 1.50. The molecule has 3 atom stereocenters. The largest absolute Gasteiger partial charge is 0.476 e. The van der Waals surface area contributed by atoms with Crippen LogP contribution in [0, 0.1) is 5.92 Å². The predicted molar refractivity (Wildman–Crippen MR) is 81.5 cm³/mol. The lowest BCUT2D eigenvalue weighted by Gasteiger charge is -2.52. The van der Waals surface area contributed by atoms with E-state index in [1.807, 2.05) is 53.5 Å². The fourth-order valence-corrected chi connectivity index (χ4v) is 3.45. The molecule has 2 aromatic rings. The summed E-state index contributed by atoms with van der Waals surface area (Å²) in [7, 11) is 0. The molecule has 0 aliphatic carbocycles. The van der Waals surface area contributed by atoms with E-state index >= 15 is 0 Å². The summed E-state index contributed by atoms with van der Waals surface area (Å²) < 4.78 is 12.0. The average molecular weight is 290 g/mol. The van der Waals surface area contributed by atoms with E-state index in [1.54, 1.807) is 6.26 Å². The molecule has 22 heavy (non-hydrogen) atoms. The second-order valence-electron chi connectivity index (χ2n) is 5.66. The normalized spacial score (nSPS) is 30.7. The van der Waals surface area contributed by atoms with Crippen LogP contribution in [0.25, 0.3) is 0 Å². The monoisotopic (exact) mass is 290 g/mol. The van der Waals surface area contributed by atoms with Gasteiger partial charge in [0.2, 0.25) is 17.9 Å². The predicted octanol–water partition coefficient (Wildman–Crippen LogP) is 3.03. The second-order valence-corrected chi connectivity index (χ2v) is 5.66. The van der Waals surface area contributed by atoms with E-state index in [0.717, 1.165) is 11.1 Å². The molecular weight excluding hydrogens is 276 g/mol. The van der Waals surface area contributed by atoms with Crippen LogP contribution in [0.15, 0.2) is 78.1 Å². The van der Waals surface area contributed by atoms with Gasteiger partial charge in [0.25, 0.3) is 0 Å². The summed E-state index contributed by atoms with van der Waals surface area (Å²) in [6.45, 7) is 0. The van der Waals surface area contributed by atoms with Gasteiger partial charge < -0.3 is 9.47 Å². The summed E-state index contributed by atoms with van der Waals surface area (Å²) in [6, 6.07) is 20.2. The Morgan fingerprint density at radius 1 is 0.955 bits per heavy atom. The molecule has 3 aliphatic heterocycles. The van der Waals surface area contributed by atoms with Crippen LogP contribution in [0.1, 0.15) is 11.1 Å². The summed E-state index contributed by atoms with van der Waals surface area (Å²) >= 11 is 0. The summed E-state index contributed by atoms with van der Waals surface area (Å²) in [6.07, 6.45) is 3.75. The van der Waals surface area contributed by atoms with Gasteiger partial charge in [0.1, 0.15) is 5.92 Å². The van der Waals surface area contributed by atoms with Crippen molar-refractivity contribution in [1.82, 2.24) is 5.01 Å². The highest BCUT2D eigenvalue weighted by Crippen LogP contribution is 2.57. The number of ether oxygens (including phenoxy) is 2. The molecular formula is C18H14N2O2. The SMILES string of the molecule is C1=C[C@@H]2[C@H](O1)N1N=C(c3ccccc3)O[C@@]21c1ccccc1. The molecule has 0 unspecified atom stereocenters. The molecule has 3 aliphatic rings. The number of fused-ring (bicyclic) bond motifs is 4. The van der Waals surface area contributed by atoms with Crippen molar-refractivity contribution in [3.05, 3.63) is 84.1 Å². The van der Waals surface area contributed by atoms with E-state index in [2.05, 4.69) is 23.3 Å². The molecule has 1 saturated heterocycles. The van der Waals surface area contributed by atoms with Crippen LogP contribution in [0.5, 0.6) is 0 Å². The third kappa shape index (κ3) is 1.34. The van der Waals surface area contributed by atoms with Gasteiger partial charge in [-0.05, 0) is 18.2 Å². The van der Waals surface area contributed by atoms with Crippen LogP contribution in [0.4, 0.5) is 0 Å². The van der Waals surface area contributed by atoms with Crippen LogP contribution in [-0.2, 0) is 15.2 Å². The van der Waals surface area contributed by atoms with E-state index in [4.69, 9.17) is 9.47 Å². The minimum atomic E-state index is -0.579. The zero-order valence-corrected chi connectivity index (χ0v) is 11.8. The van der Waals surface area contributed by atoms with E-state index in [-0.39, 0.29) is 12.1 Å². The highest BCUT2D eigenvalue weighted by Gasteiger charge is 2.69. The van der Waals surface area contributed by atoms with E-state index in [1.165, 1.54) is 0 Å². The Morgan fingerprint density at radius 3 is 2.45 bits per heavy atom. The topological polar surface area (TPSA) is 34.1 Å². The molecule has 0 amide bonds. The summed E-state index contributed by atoms with van der Waals surface area (Å²) in [5.74, 6) is 0.802. The first kappa shape index (κ1) is 11.9. The fraction of sp³-hybridized carbons (Fsp3) is 0.167. The second kappa shape index (κ2) is 4.13. The molecule has 0 bridgehead atoms. The maximum absolute atomic E-state index is 6.38. The van der Waals surface area contributed by atoms with Crippen LogP contribution in [0.3, 0.4) is 0 Å². The third-order valence-electron chi connectivity index (χ3n) is 4.50. The van der Waals surface area contributed by atoms with Crippen LogP contribution in [-0.4, -0.2) is 17.1 Å². The van der Waals surface area contributed by atoms with Gasteiger partial charge in [0.05, 0.1) is 6.26 Å². The molecule has 108 valence electrons. The van der Waals surface area contributed by atoms with Gasteiger partial charge in [-0.2, -0.15) is 0 Å². The maximum Gasteiger partial charge on any atom is 0.241 e. The fourth-order valence-electron chi connectivity index (χ4n) is 3.45. The van der Waals surface area contributed by atoms with E-state index in [9.17, 15) is 0 Å². The Kier molecular flexibility index (Phi) is 2.23. The first-order valence-electron chi connectivity index (χ1n) is 7.40. The van der Waals surface area contributed by atoms with Crippen LogP contribution >= 0.6 is 0 Å². The quantitative estimate of drug-likeness (QED) is 0.852. The lowest BCUT2D eigenvalue weighted by molar-refractivity contribution is -0.281. The van der Waals surface area contributed by atoms with Gasteiger partial charge in [-0.15, -0.1) is 5.10 Å². The first-order chi connectivity index (χ1) is 10.9. The Bertz CT molecular complexity index is 772. The summed E-state index contributed by atoms with van der Waals surface area (Å²) in [4.78, 5) is 0. The van der Waals surface area contributed by atoms with Gasteiger partial charge >= 0.3 is 0 Å². The molecule has 1 fully saturated rings. The molecule has 5 rings (SSSR count). The Hall–Kier alpha value is -2.75. The van der Waals surface area contributed by atoms with Crippen LogP contribution in [0.2, 0.25) is 0 Å². The van der Waals surface area contributed by atoms with Gasteiger partial charge in [-0.1, -0.05) is 48.5 Å². The summed E-state index contributed by atoms with van der Waals surface area (Å²) in [5, 5.41) is 6.62. The maximum atomic E-state index is 6.38. The van der Waals surface area contributed by atoms with Crippen molar-refractivity contribution in [1.29, 1.82) is 0 Å². The molecule has 4 nitrogen and oxygen atoms in total. The smallest absolute Gasteiger partial charge is 0.241 e. The average Bonchev–Trinajstić information content (AvgIpc) is 3.15.